The number of rotatable bonds is 8. The lowest BCUT2D eigenvalue weighted by Crippen LogP contribution is -2.29. The Balaban J connectivity index is 2.11. The van der Waals surface area contributed by atoms with E-state index < -0.39 is 19.5 Å². The van der Waals surface area contributed by atoms with Crippen LogP contribution in [-0.4, -0.2) is 17.6 Å². The fraction of sp³-hybridized carbons (Fsp3) is 0.278. The van der Waals surface area contributed by atoms with E-state index in [1.807, 2.05) is 37.3 Å². The van der Waals surface area contributed by atoms with Gasteiger partial charge in [0.2, 0.25) is 0 Å². The van der Waals surface area contributed by atoms with E-state index in [2.05, 4.69) is 5.32 Å². The highest BCUT2D eigenvalue weighted by atomic mass is 35.5. The summed E-state index contributed by atoms with van der Waals surface area (Å²) in [5.41, 5.74) is 1.20. The summed E-state index contributed by atoms with van der Waals surface area (Å²) in [6, 6.07) is 15.4. The minimum atomic E-state index is -4.16. The van der Waals surface area contributed by atoms with Gasteiger partial charge < -0.3 is 19.5 Å². The van der Waals surface area contributed by atoms with E-state index in [9.17, 15) is 14.3 Å². The molecule has 0 bridgehead atoms. The van der Waals surface area contributed by atoms with Crippen molar-refractivity contribution < 1.29 is 23.5 Å². The molecule has 2 aromatic rings. The number of halogens is 1. The first-order valence-electron chi connectivity index (χ1n) is 8.12. The summed E-state index contributed by atoms with van der Waals surface area (Å²) < 4.78 is 22.8. The van der Waals surface area contributed by atoms with Gasteiger partial charge in [-0.15, -0.1) is 0 Å². The first kappa shape index (κ1) is 20.5. The molecule has 140 valence electrons. The number of amides is 1. The first-order valence-corrected chi connectivity index (χ1v) is 10.1. The van der Waals surface area contributed by atoms with Crippen LogP contribution in [0.4, 0.5) is 4.79 Å². The maximum absolute atomic E-state index is 12.6. The van der Waals surface area contributed by atoms with Crippen molar-refractivity contribution in [3.05, 3.63) is 70.7 Å². The van der Waals surface area contributed by atoms with Gasteiger partial charge in [-0.05, 0) is 29.7 Å². The van der Waals surface area contributed by atoms with Crippen LogP contribution in [0.15, 0.2) is 54.6 Å². The molecule has 2 unspecified atom stereocenters. The number of carbonyl (C=O) groups is 1. The number of alkyl carbamates (subject to hydrolysis) is 1. The van der Waals surface area contributed by atoms with Crippen LogP contribution < -0.4 is 5.32 Å². The van der Waals surface area contributed by atoms with Crippen LogP contribution in [0.1, 0.15) is 30.3 Å². The monoisotopic (exact) mass is 397 g/mol. The summed E-state index contributed by atoms with van der Waals surface area (Å²) in [4.78, 5) is 22.4. The summed E-state index contributed by atoms with van der Waals surface area (Å²) >= 11 is 5.86. The van der Waals surface area contributed by atoms with Gasteiger partial charge in [-0.3, -0.25) is 4.57 Å². The molecule has 1 amide bonds. The Labute approximate surface area is 157 Å². The summed E-state index contributed by atoms with van der Waals surface area (Å²) in [5.74, 6) is -1.26. The van der Waals surface area contributed by atoms with E-state index in [1.54, 1.807) is 24.3 Å². The molecule has 2 aromatic carbocycles. The summed E-state index contributed by atoms with van der Waals surface area (Å²) in [6.45, 7) is 1.96. The van der Waals surface area contributed by atoms with Crippen molar-refractivity contribution in [1.29, 1.82) is 0 Å². The Hall–Kier alpha value is -1.85. The van der Waals surface area contributed by atoms with Gasteiger partial charge in [-0.2, -0.15) is 0 Å². The van der Waals surface area contributed by atoms with E-state index in [-0.39, 0.29) is 13.2 Å². The second-order valence-corrected chi connectivity index (χ2v) is 7.90. The van der Waals surface area contributed by atoms with Gasteiger partial charge in [0.1, 0.15) is 6.61 Å². The highest BCUT2D eigenvalue weighted by molar-refractivity contribution is 7.53. The quantitative estimate of drug-likeness (QED) is 0.620. The van der Waals surface area contributed by atoms with Crippen LogP contribution in [0.2, 0.25) is 5.02 Å². The average Bonchev–Trinajstić information content (AvgIpc) is 2.64. The van der Waals surface area contributed by atoms with Gasteiger partial charge >= 0.3 is 13.7 Å². The van der Waals surface area contributed by atoms with Crippen molar-refractivity contribution in [2.24, 2.45) is 0 Å². The highest BCUT2D eigenvalue weighted by Crippen LogP contribution is 2.55. The second-order valence-electron chi connectivity index (χ2n) is 5.56. The van der Waals surface area contributed by atoms with Gasteiger partial charge in [0.15, 0.2) is 5.78 Å². The molecule has 0 aromatic heterocycles. The van der Waals surface area contributed by atoms with Crippen LogP contribution in [-0.2, 0) is 20.4 Å². The third kappa shape index (κ3) is 6.15. The normalized spacial score (nSPS) is 14.3. The van der Waals surface area contributed by atoms with Crippen LogP contribution >= 0.6 is 19.2 Å². The van der Waals surface area contributed by atoms with Crippen molar-refractivity contribution in [1.82, 2.24) is 5.32 Å². The molecule has 2 N–H and O–H groups in total. The Morgan fingerprint density at radius 2 is 1.85 bits per heavy atom. The van der Waals surface area contributed by atoms with Crippen LogP contribution in [0, 0.1) is 0 Å². The zero-order valence-electron chi connectivity index (χ0n) is 14.3. The first-order chi connectivity index (χ1) is 12.4. The van der Waals surface area contributed by atoms with Crippen molar-refractivity contribution in [3.8, 4) is 0 Å². The molecular formula is C18H21ClNO5P. The molecule has 0 heterocycles. The zero-order valence-corrected chi connectivity index (χ0v) is 16.0. The zero-order chi connectivity index (χ0) is 19.0. The molecule has 0 saturated heterocycles. The molecule has 0 aliphatic heterocycles. The van der Waals surface area contributed by atoms with E-state index in [1.165, 1.54) is 0 Å². The van der Waals surface area contributed by atoms with E-state index >= 15 is 0 Å². The number of benzene rings is 2. The Kier molecular flexibility index (Phi) is 7.66. The third-order valence-corrected chi connectivity index (χ3v) is 5.34. The summed E-state index contributed by atoms with van der Waals surface area (Å²) in [7, 11) is -4.16. The van der Waals surface area contributed by atoms with E-state index in [0.29, 0.717) is 17.0 Å². The predicted octanol–water partition coefficient (Wildman–Crippen LogP) is 4.88. The maximum Gasteiger partial charge on any atom is 0.408 e. The Morgan fingerprint density at radius 1 is 1.19 bits per heavy atom. The maximum atomic E-state index is 12.6. The van der Waals surface area contributed by atoms with Crippen molar-refractivity contribution in [3.63, 3.8) is 0 Å². The topological polar surface area (TPSA) is 84.9 Å². The smallest absolute Gasteiger partial charge is 0.408 e. The lowest BCUT2D eigenvalue weighted by atomic mass is 10.2. The average molecular weight is 398 g/mol. The van der Waals surface area contributed by atoms with E-state index in [0.717, 1.165) is 5.56 Å². The van der Waals surface area contributed by atoms with Gasteiger partial charge in [0, 0.05) is 5.02 Å². The van der Waals surface area contributed by atoms with Crippen LogP contribution in [0.5, 0.6) is 0 Å². The molecule has 6 nitrogen and oxygen atoms in total. The summed E-state index contributed by atoms with van der Waals surface area (Å²) in [5, 5.41) is 2.90. The Bertz CT molecular complexity index is 754. The number of hydrogen-bond acceptors (Lipinski definition) is 4. The molecule has 0 aliphatic rings. The fourth-order valence-electron chi connectivity index (χ4n) is 2.17. The van der Waals surface area contributed by atoms with Crippen molar-refractivity contribution in [2.75, 3.05) is 6.61 Å². The largest absolute Gasteiger partial charge is 0.445 e. The fourth-order valence-corrected chi connectivity index (χ4v) is 3.71. The van der Waals surface area contributed by atoms with Gasteiger partial charge in [-0.25, -0.2) is 4.79 Å². The number of hydrogen-bond donors (Lipinski definition) is 2. The van der Waals surface area contributed by atoms with Crippen molar-refractivity contribution >= 4 is 25.3 Å². The molecule has 0 aliphatic carbocycles. The molecule has 2 atom stereocenters. The molecular weight excluding hydrogens is 377 g/mol. The lowest BCUT2D eigenvalue weighted by molar-refractivity contribution is 0.136. The SMILES string of the molecule is CCCOP(=O)(O)C(NC(=O)OCc1ccccc1)c1ccc(Cl)cc1. The lowest BCUT2D eigenvalue weighted by Gasteiger charge is -2.24. The Morgan fingerprint density at radius 3 is 2.46 bits per heavy atom. The van der Waals surface area contributed by atoms with Crippen LogP contribution in [0.3, 0.4) is 0 Å². The molecule has 0 saturated carbocycles. The second kappa shape index (κ2) is 9.74. The molecule has 26 heavy (non-hydrogen) atoms. The minimum absolute atomic E-state index is 0.0472. The standard InChI is InChI=1S/C18H21ClNO5P/c1-2-12-25-26(22,23)17(15-8-10-16(19)11-9-15)20-18(21)24-13-14-6-4-3-5-7-14/h3-11,17H,2,12-13H2,1H3,(H,20,21)(H,22,23). The van der Waals surface area contributed by atoms with Gasteiger partial charge in [0.25, 0.3) is 0 Å². The summed E-state index contributed by atoms with van der Waals surface area (Å²) in [6.07, 6.45) is -0.251. The highest BCUT2D eigenvalue weighted by Gasteiger charge is 2.35. The van der Waals surface area contributed by atoms with E-state index in [4.69, 9.17) is 20.9 Å². The van der Waals surface area contributed by atoms with Crippen LogP contribution in [0.25, 0.3) is 0 Å². The van der Waals surface area contributed by atoms with Gasteiger partial charge in [0.05, 0.1) is 6.61 Å². The van der Waals surface area contributed by atoms with Gasteiger partial charge in [-0.1, -0.05) is 61.0 Å². The molecule has 2 rings (SSSR count). The molecule has 0 fully saturated rings. The molecule has 0 spiro atoms. The number of nitrogens with one attached hydrogen (secondary N) is 1. The van der Waals surface area contributed by atoms with Crippen molar-refractivity contribution in [2.45, 2.75) is 25.7 Å². The minimum Gasteiger partial charge on any atom is -0.445 e. The number of carbonyl (C=O) groups excluding carboxylic acids is 1. The molecule has 8 heteroatoms. The third-order valence-electron chi connectivity index (χ3n) is 3.46. The number of ether oxygens (including phenoxy) is 1. The molecule has 0 radical (unpaired) electrons. The predicted molar refractivity (Wildman–Crippen MR) is 100 cm³/mol.